The SMILES string of the molecule is CCOC(=O)c1csc(NC(=O)c2cccc(S(=O)(=O)N(CC)c3ccccc3)c2)n1. The molecule has 0 atom stereocenters. The number of carbonyl (C=O) groups is 2. The van der Waals surface area contributed by atoms with Gasteiger partial charge in [0.05, 0.1) is 17.2 Å². The van der Waals surface area contributed by atoms with E-state index in [1.807, 2.05) is 0 Å². The van der Waals surface area contributed by atoms with Crippen LogP contribution in [0.15, 0.2) is 64.9 Å². The van der Waals surface area contributed by atoms with Crippen molar-refractivity contribution in [3.05, 3.63) is 71.2 Å². The molecule has 0 aliphatic carbocycles. The maximum absolute atomic E-state index is 13.2. The van der Waals surface area contributed by atoms with Crippen molar-refractivity contribution >= 4 is 44.1 Å². The van der Waals surface area contributed by atoms with Crippen molar-refractivity contribution in [2.45, 2.75) is 18.7 Å². The minimum absolute atomic E-state index is 0.00259. The number of esters is 1. The quantitative estimate of drug-likeness (QED) is 0.514. The Bertz CT molecular complexity index is 1180. The molecule has 0 unspecified atom stereocenters. The predicted octanol–water partition coefficient (Wildman–Crippen LogP) is 3.79. The third-order valence-corrected chi connectivity index (χ3v) is 6.88. The molecular weight excluding hydrogens is 438 g/mol. The first-order valence-electron chi connectivity index (χ1n) is 9.48. The molecule has 3 rings (SSSR count). The first kappa shape index (κ1) is 22.4. The van der Waals surface area contributed by atoms with Gasteiger partial charge >= 0.3 is 5.97 Å². The normalized spacial score (nSPS) is 11.0. The minimum Gasteiger partial charge on any atom is -0.461 e. The smallest absolute Gasteiger partial charge is 0.357 e. The number of nitrogens with zero attached hydrogens (tertiary/aromatic N) is 2. The first-order valence-corrected chi connectivity index (χ1v) is 11.8. The molecule has 8 nitrogen and oxygen atoms in total. The maximum atomic E-state index is 13.2. The van der Waals surface area contributed by atoms with Crippen LogP contribution >= 0.6 is 11.3 Å². The Morgan fingerprint density at radius 2 is 1.84 bits per heavy atom. The molecule has 10 heteroatoms. The van der Waals surface area contributed by atoms with Crippen LogP contribution < -0.4 is 9.62 Å². The van der Waals surface area contributed by atoms with Gasteiger partial charge in [-0.25, -0.2) is 18.2 Å². The fourth-order valence-electron chi connectivity index (χ4n) is 2.81. The molecule has 162 valence electrons. The summed E-state index contributed by atoms with van der Waals surface area (Å²) in [5, 5.41) is 4.27. The molecule has 31 heavy (non-hydrogen) atoms. The topological polar surface area (TPSA) is 106 Å². The summed E-state index contributed by atoms with van der Waals surface area (Å²) in [5.41, 5.74) is 0.784. The number of hydrogen-bond acceptors (Lipinski definition) is 7. The minimum atomic E-state index is -3.87. The number of para-hydroxylation sites is 1. The van der Waals surface area contributed by atoms with E-state index in [0.717, 1.165) is 11.3 Å². The Morgan fingerprint density at radius 1 is 1.10 bits per heavy atom. The first-order chi connectivity index (χ1) is 14.9. The fourth-order valence-corrected chi connectivity index (χ4v) is 5.00. The zero-order chi connectivity index (χ0) is 22.4. The summed E-state index contributed by atoms with van der Waals surface area (Å²) < 4.78 is 32.5. The van der Waals surface area contributed by atoms with E-state index in [0.29, 0.717) is 5.69 Å². The van der Waals surface area contributed by atoms with Crippen LogP contribution in [0.5, 0.6) is 0 Å². The van der Waals surface area contributed by atoms with Crippen molar-refractivity contribution in [2.75, 3.05) is 22.8 Å². The number of amides is 1. The van der Waals surface area contributed by atoms with E-state index < -0.39 is 21.9 Å². The summed E-state index contributed by atoms with van der Waals surface area (Å²) in [6.45, 7) is 3.88. The second kappa shape index (κ2) is 9.71. The van der Waals surface area contributed by atoms with Gasteiger partial charge in [-0.3, -0.25) is 14.4 Å². The summed E-state index contributed by atoms with van der Waals surface area (Å²) in [6, 6.07) is 14.5. The molecule has 1 aromatic heterocycles. The van der Waals surface area contributed by atoms with E-state index in [1.54, 1.807) is 44.2 Å². The third kappa shape index (κ3) is 5.09. The molecule has 0 saturated heterocycles. The number of carbonyl (C=O) groups excluding carboxylic acids is 2. The van der Waals surface area contributed by atoms with Crippen molar-refractivity contribution in [3.63, 3.8) is 0 Å². The zero-order valence-electron chi connectivity index (χ0n) is 16.9. The van der Waals surface area contributed by atoms with Crippen molar-refractivity contribution < 1.29 is 22.7 Å². The lowest BCUT2D eigenvalue weighted by Crippen LogP contribution is -2.30. The van der Waals surface area contributed by atoms with Gasteiger partial charge in [-0.1, -0.05) is 24.3 Å². The number of thiazole rings is 1. The van der Waals surface area contributed by atoms with Gasteiger partial charge < -0.3 is 4.74 Å². The summed E-state index contributed by atoms with van der Waals surface area (Å²) in [4.78, 5) is 28.4. The number of anilines is 2. The van der Waals surface area contributed by atoms with Crippen molar-refractivity contribution in [3.8, 4) is 0 Å². The van der Waals surface area contributed by atoms with Crippen LogP contribution in [-0.2, 0) is 14.8 Å². The van der Waals surface area contributed by atoms with Crippen molar-refractivity contribution in [1.29, 1.82) is 0 Å². The van der Waals surface area contributed by atoms with Crippen LogP contribution in [0.3, 0.4) is 0 Å². The van der Waals surface area contributed by atoms with Crippen LogP contribution in [0.4, 0.5) is 10.8 Å². The molecule has 0 saturated carbocycles. The second-order valence-corrected chi connectivity index (χ2v) is 8.97. The van der Waals surface area contributed by atoms with Gasteiger partial charge in [0, 0.05) is 17.5 Å². The number of benzene rings is 2. The average Bonchev–Trinajstić information content (AvgIpc) is 3.24. The maximum Gasteiger partial charge on any atom is 0.357 e. The lowest BCUT2D eigenvalue weighted by atomic mass is 10.2. The van der Waals surface area contributed by atoms with E-state index in [4.69, 9.17) is 4.74 Å². The Hall–Kier alpha value is -3.24. The number of rotatable bonds is 8. The van der Waals surface area contributed by atoms with E-state index in [2.05, 4.69) is 10.3 Å². The van der Waals surface area contributed by atoms with Gasteiger partial charge in [0.25, 0.3) is 15.9 Å². The standard InChI is InChI=1S/C21H21N3O5S2/c1-3-24(16-10-6-5-7-11-16)31(27,28)17-12-8-9-15(13-17)19(25)23-21-22-18(14-30-21)20(26)29-4-2/h5-14H,3-4H2,1-2H3,(H,22,23,25). The van der Waals surface area contributed by atoms with Crippen LogP contribution in [-0.4, -0.2) is 38.4 Å². The summed E-state index contributed by atoms with van der Waals surface area (Å²) in [5.74, 6) is -1.11. The van der Waals surface area contributed by atoms with E-state index >= 15 is 0 Å². The Labute approximate surface area is 184 Å². The molecule has 0 spiro atoms. The lowest BCUT2D eigenvalue weighted by molar-refractivity contribution is 0.0520. The van der Waals surface area contributed by atoms with Gasteiger partial charge in [-0.15, -0.1) is 11.3 Å². The summed E-state index contributed by atoms with van der Waals surface area (Å²) in [7, 11) is -3.87. The molecule has 0 fully saturated rings. The molecule has 1 N–H and O–H groups in total. The molecule has 0 aliphatic heterocycles. The van der Waals surface area contributed by atoms with Crippen LogP contribution in [0.25, 0.3) is 0 Å². The highest BCUT2D eigenvalue weighted by Crippen LogP contribution is 2.24. The van der Waals surface area contributed by atoms with Crippen LogP contribution in [0.2, 0.25) is 0 Å². The van der Waals surface area contributed by atoms with Gasteiger partial charge in [-0.05, 0) is 44.2 Å². The predicted molar refractivity (Wildman–Crippen MR) is 119 cm³/mol. The number of sulfonamides is 1. The molecule has 0 bridgehead atoms. The Balaban J connectivity index is 1.82. The Morgan fingerprint density at radius 3 is 2.52 bits per heavy atom. The zero-order valence-corrected chi connectivity index (χ0v) is 18.6. The van der Waals surface area contributed by atoms with Crippen LogP contribution in [0, 0.1) is 0 Å². The lowest BCUT2D eigenvalue weighted by Gasteiger charge is -2.23. The molecule has 3 aromatic rings. The van der Waals surface area contributed by atoms with Crippen molar-refractivity contribution in [2.24, 2.45) is 0 Å². The molecule has 2 aromatic carbocycles. The highest BCUT2D eigenvalue weighted by molar-refractivity contribution is 7.92. The molecule has 1 amide bonds. The van der Waals surface area contributed by atoms with Gasteiger partial charge in [0.15, 0.2) is 10.8 Å². The number of ether oxygens (including phenoxy) is 1. The molecule has 0 radical (unpaired) electrons. The highest BCUT2D eigenvalue weighted by Gasteiger charge is 2.24. The monoisotopic (exact) mass is 459 g/mol. The van der Waals surface area contributed by atoms with Gasteiger partial charge in [-0.2, -0.15) is 0 Å². The summed E-state index contributed by atoms with van der Waals surface area (Å²) in [6.07, 6.45) is 0. The number of hydrogen-bond donors (Lipinski definition) is 1. The van der Waals surface area contributed by atoms with Crippen molar-refractivity contribution in [1.82, 2.24) is 4.98 Å². The number of aromatic nitrogens is 1. The summed E-state index contributed by atoms with van der Waals surface area (Å²) >= 11 is 1.07. The highest BCUT2D eigenvalue weighted by atomic mass is 32.2. The van der Waals surface area contributed by atoms with Crippen LogP contribution in [0.1, 0.15) is 34.7 Å². The van der Waals surface area contributed by atoms with Gasteiger partial charge in [0.1, 0.15) is 0 Å². The number of nitrogens with one attached hydrogen (secondary N) is 1. The molecular formula is C21H21N3O5S2. The van der Waals surface area contributed by atoms with E-state index in [9.17, 15) is 18.0 Å². The largest absolute Gasteiger partial charge is 0.461 e. The van der Waals surface area contributed by atoms with E-state index in [1.165, 1.54) is 34.0 Å². The third-order valence-electron chi connectivity index (χ3n) is 4.22. The molecule has 1 heterocycles. The second-order valence-electron chi connectivity index (χ2n) is 6.25. The Kier molecular flexibility index (Phi) is 7.03. The fraction of sp³-hybridized carbons (Fsp3) is 0.190. The van der Waals surface area contributed by atoms with Gasteiger partial charge in [0.2, 0.25) is 0 Å². The van der Waals surface area contributed by atoms with E-state index in [-0.39, 0.29) is 34.4 Å². The molecule has 0 aliphatic rings. The average molecular weight is 460 g/mol.